The number of benzene rings is 1. The SMILES string of the molecule is CC[C@H](C=O)N(N)c1nc(Nc2cccc(-c3ncccc3O)c2)c(C(N)=O)c(=O)[nH]1. The number of aromatic nitrogens is 3. The Bertz CT molecular complexity index is 1180. The molecule has 2 heterocycles. The predicted octanol–water partition coefficient (Wildman–Crippen LogP) is 1.04. The second-order valence-corrected chi connectivity index (χ2v) is 6.57. The number of primary amides is 1. The van der Waals surface area contributed by atoms with Gasteiger partial charge in [-0.3, -0.25) is 24.6 Å². The minimum atomic E-state index is -0.993. The molecule has 1 aromatic carbocycles. The quantitative estimate of drug-likeness (QED) is 0.201. The number of aromatic hydroxyl groups is 1. The number of pyridine rings is 1. The number of hydrazine groups is 1. The number of aldehydes is 1. The largest absolute Gasteiger partial charge is 0.506 e. The standard InChI is InChI=1S/C20H21N7O4/c1-2-13(10-28)27(22)20-25-18(15(17(21)30)19(31)26-20)24-12-6-3-5-11(9-12)16-14(29)7-4-8-23-16/h3-10,13,29H,2,22H2,1H3,(H2,21,30)(H2,24,25,26,31)/t13-/m1/s1. The maximum absolute atomic E-state index is 12.5. The first-order chi connectivity index (χ1) is 14.8. The topological polar surface area (TPSA) is 180 Å². The zero-order valence-corrected chi connectivity index (χ0v) is 16.6. The molecule has 1 amide bonds. The van der Waals surface area contributed by atoms with E-state index >= 15 is 0 Å². The second kappa shape index (κ2) is 9.05. The number of carbonyl (C=O) groups is 2. The van der Waals surface area contributed by atoms with Crippen LogP contribution in [0, 0.1) is 0 Å². The van der Waals surface area contributed by atoms with Gasteiger partial charge >= 0.3 is 0 Å². The Kier molecular flexibility index (Phi) is 6.26. The van der Waals surface area contributed by atoms with Crippen LogP contribution in [0.3, 0.4) is 0 Å². The van der Waals surface area contributed by atoms with Crippen molar-refractivity contribution in [1.29, 1.82) is 0 Å². The van der Waals surface area contributed by atoms with E-state index in [1.807, 2.05) is 0 Å². The van der Waals surface area contributed by atoms with Gasteiger partial charge in [-0.15, -0.1) is 0 Å². The van der Waals surface area contributed by atoms with Crippen LogP contribution < -0.4 is 27.5 Å². The van der Waals surface area contributed by atoms with Crippen molar-refractivity contribution < 1.29 is 14.7 Å². The van der Waals surface area contributed by atoms with E-state index in [2.05, 4.69) is 20.3 Å². The highest BCUT2D eigenvalue weighted by atomic mass is 16.3. The number of hydrogen-bond donors (Lipinski definition) is 5. The Balaban J connectivity index is 2.05. The monoisotopic (exact) mass is 423 g/mol. The smallest absolute Gasteiger partial charge is 0.267 e. The van der Waals surface area contributed by atoms with E-state index in [4.69, 9.17) is 11.6 Å². The molecule has 0 saturated heterocycles. The van der Waals surface area contributed by atoms with E-state index < -0.39 is 23.1 Å². The summed E-state index contributed by atoms with van der Waals surface area (Å²) in [6, 6.07) is 9.11. The van der Waals surface area contributed by atoms with Gasteiger partial charge in [-0.1, -0.05) is 19.1 Å². The van der Waals surface area contributed by atoms with Crippen LogP contribution in [0.15, 0.2) is 47.4 Å². The molecule has 0 radical (unpaired) electrons. The maximum Gasteiger partial charge on any atom is 0.267 e. The second-order valence-electron chi connectivity index (χ2n) is 6.57. The molecule has 3 aromatic rings. The summed E-state index contributed by atoms with van der Waals surface area (Å²) in [5.74, 6) is 4.67. The normalized spacial score (nSPS) is 11.5. The van der Waals surface area contributed by atoms with E-state index in [-0.39, 0.29) is 17.5 Å². The van der Waals surface area contributed by atoms with E-state index in [0.29, 0.717) is 29.7 Å². The molecule has 0 unspecified atom stereocenters. The Morgan fingerprint density at radius 3 is 2.77 bits per heavy atom. The van der Waals surface area contributed by atoms with Gasteiger partial charge in [-0.05, 0) is 30.7 Å². The molecule has 0 saturated carbocycles. The molecule has 0 aliphatic heterocycles. The van der Waals surface area contributed by atoms with E-state index in [1.165, 1.54) is 12.3 Å². The molecule has 11 nitrogen and oxygen atoms in total. The lowest BCUT2D eigenvalue weighted by atomic mass is 10.1. The third kappa shape index (κ3) is 4.51. The van der Waals surface area contributed by atoms with Gasteiger partial charge in [0.05, 0.1) is 0 Å². The summed E-state index contributed by atoms with van der Waals surface area (Å²) < 4.78 is 0. The van der Waals surface area contributed by atoms with Crippen LogP contribution in [0.4, 0.5) is 17.5 Å². The minimum absolute atomic E-state index is 0.00714. The fourth-order valence-corrected chi connectivity index (χ4v) is 2.92. The van der Waals surface area contributed by atoms with Crippen molar-refractivity contribution in [2.24, 2.45) is 11.6 Å². The van der Waals surface area contributed by atoms with Gasteiger partial charge in [0.25, 0.3) is 11.5 Å². The lowest BCUT2D eigenvalue weighted by Crippen LogP contribution is -2.44. The highest BCUT2D eigenvalue weighted by Gasteiger charge is 2.22. The third-order valence-corrected chi connectivity index (χ3v) is 4.52. The minimum Gasteiger partial charge on any atom is -0.506 e. The van der Waals surface area contributed by atoms with Crippen LogP contribution in [-0.2, 0) is 4.79 Å². The maximum atomic E-state index is 12.5. The van der Waals surface area contributed by atoms with Crippen molar-refractivity contribution in [3.8, 4) is 17.0 Å². The first kappa shape index (κ1) is 21.5. The summed E-state index contributed by atoms with van der Waals surface area (Å²) >= 11 is 0. The molecule has 160 valence electrons. The third-order valence-electron chi connectivity index (χ3n) is 4.52. The molecule has 7 N–H and O–H groups in total. The molecular weight excluding hydrogens is 402 g/mol. The summed E-state index contributed by atoms with van der Waals surface area (Å²) in [7, 11) is 0. The number of nitrogens with zero attached hydrogens (tertiary/aromatic N) is 3. The van der Waals surface area contributed by atoms with Crippen molar-refractivity contribution in [1.82, 2.24) is 15.0 Å². The number of carbonyl (C=O) groups excluding carboxylic acids is 2. The Hall–Kier alpha value is -4.25. The molecular formula is C20H21N7O4. The molecule has 3 rings (SSSR count). The Labute approximate surface area is 176 Å². The van der Waals surface area contributed by atoms with Crippen LogP contribution >= 0.6 is 0 Å². The van der Waals surface area contributed by atoms with Gasteiger partial charge in [-0.25, -0.2) is 5.84 Å². The van der Waals surface area contributed by atoms with E-state index in [9.17, 15) is 19.5 Å². The van der Waals surface area contributed by atoms with Gasteiger partial charge in [0.1, 0.15) is 29.3 Å². The number of anilines is 3. The molecule has 0 aliphatic rings. The van der Waals surface area contributed by atoms with Crippen LogP contribution in [-0.4, -0.2) is 38.3 Å². The molecule has 0 bridgehead atoms. The highest BCUT2D eigenvalue weighted by Crippen LogP contribution is 2.29. The van der Waals surface area contributed by atoms with Crippen molar-refractivity contribution >= 4 is 29.6 Å². The number of amides is 1. The zero-order valence-electron chi connectivity index (χ0n) is 16.6. The predicted molar refractivity (Wildman–Crippen MR) is 115 cm³/mol. The molecule has 0 fully saturated rings. The van der Waals surface area contributed by atoms with E-state index in [0.717, 1.165) is 5.01 Å². The average Bonchev–Trinajstić information content (AvgIpc) is 2.74. The van der Waals surface area contributed by atoms with Gasteiger partial charge in [0.15, 0.2) is 5.82 Å². The molecule has 2 aromatic heterocycles. The van der Waals surface area contributed by atoms with Crippen LogP contribution in [0.1, 0.15) is 23.7 Å². The highest BCUT2D eigenvalue weighted by molar-refractivity contribution is 5.98. The van der Waals surface area contributed by atoms with Crippen LogP contribution in [0.25, 0.3) is 11.3 Å². The fourth-order valence-electron chi connectivity index (χ4n) is 2.92. The van der Waals surface area contributed by atoms with E-state index in [1.54, 1.807) is 37.3 Å². The van der Waals surface area contributed by atoms with Crippen LogP contribution in [0.5, 0.6) is 5.75 Å². The Morgan fingerprint density at radius 1 is 1.35 bits per heavy atom. The number of nitrogens with one attached hydrogen (secondary N) is 2. The number of hydrogen-bond acceptors (Lipinski definition) is 9. The lowest BCUT2D eigenvalue weighted by molar-refractivity contribution is -0.109. The number of aromatic amines is 1. The van der Waals surface area contributed by atoms with Gasteiger partial charge in [0, 0.05) is 17.4 Å². The van der Waals surface area contributed by atoms with Crippen molar-refractivity contribution in [3.05, 3.63) is 58.5 Å². The van der Waals surface area contributed by atoms with Gasteiger partial charge in [-0.2, -0.15) is 4.98 Å². The van der Waals surface area contributed by atoms with Gasteiger partial charge < -0.3 is 21.0 Å². The molecule has 11 heteroatoms. The number of H-pyrrole nitrogens is 1. The molecule has 1 atom stereocenters. The summed E-state index contributed by atoms with van der Waals surface area (Å²) in [6.07, 6.45) is 2.54. The summed E-state index contributed by atoms with van der Waals surface area (Å²) in [4.78, 5) is 46.3. The lowest BCUT2D eigenvalue weighted by Gasteiger charge is -2.23. The first-order valence-electron chi connectivity index (χ1n) is 9.30. The number of rotatable bonds is 8. The summed E-state index contributed by atoms with van der Waals surface area (Å²) in [5, 5.41) is 13.9. The number of nitrogens with two attached hydrogens (primary N) is 2. The molecule has 0 aliphatic carbocycles. The molecule has 0 spiro atoms. The fraction of sp³-hybridized carbons (Fsp3) is 0.150. The van der Waals surface area contributed by atoms with Crippen LogP contribution in [0.2, 0.25) is 0 Å². The Morgan fingerprint density at radius 2 is 2.13 bits per heavy atom. The van der Waals surface area contributed by atoms with Crippen molar-refractivity contribution in [2.45, 2.75) is 19.4 Å². The summed E-state index contributed by atoms with van der Waals surface area (Å²) in [5.41, 5.74) is 5.54. The van der Waals surface area contributed by atoms with Gasteiger partial charge in [0.2, 0.25) is 5.95 Å². The first-order valence-corrected chi connectivity index (χ1v) is 9.30. The zero-order chi connectivity index (χ0) is 22.5. The van der Waals surface area contributed by atoms with Crippen molar-refractivity contribution in [2.75, 3.05) is 10.3 Å². The van der Waals surface area contributed by atoms with Crippen molar-refractivity contribution in [3.63, 3.8) is 0 Å². The average molecular weight is 423 g/mol. The summed E-state index contributed by atoms with van der Waals surface area (Å²) in [6.45, 7) is 1.74. The molecule has 31 heavy (non-hydrogen) atoms.